The second-order valence-electron chi connectivity index (χ2n) is 5.02. The maximum atomic E-state index is 11.6. The molecule has 0 saturated carbocycles. The average molecular weight is 341 g/mol. The van der Waals surface area contributed by atoms with Crippen LogP contribution in [0.15, 0.2) is 29.4 Å². The van der Waals surface area contributed by atoms with Crippen LogP contribution in [0.5, 0.6) is 0 Å². The SMILES string of the molecule is CC(C)COC(=O)CSc1nnc(-c2ccccc2Cl)n1N. The summed E-state index contributed by atoms with van der Waals surface area (Å²) in [6.07, 6.45) is 0. The van der Waals surface area contributed by atoms with E-state index in [1.54, 1.807) is 12.1 Å². The van der Waals surface area contributed by atoms with E-state index in [0.717, 1.165) is 0 Å². The third kappa shape index (κ3) is 4.14. The van der Waals surface area contributed by atoms with Crippen LogP contribution >= 0.6 is 23.4 Å². The Kier molecular flexibility index (Phi) is 5.68. The Morgan fingerprint density at radius 2 is 2.14 bits per heavy atom. The third-order valence-corrected chi connectivity index (χ3v) is 3.92. The van der Waals surface area contributed by atoms with E-state index in [1.165, 1.54) is 16.4 Å². The summed E-state index contributed by atoms with van der Waals surface area (Å²) in [7, 11) is 0. The van der Waals surface area contributed by atoms with Crippen LogP contribution in [0.25, 0.3) is 11.4 Å². The van der Waals surface area contributed by atoms with Gasteiger partial charge in [0, 0.05) is 5.56 Å². The molecule has 1 heterocycles. The number of aromatic nitrogens is 3. The lowest BCUT2D eigenvalue weighted by molar-refractivity contribution is -0.141. The maximum Gasteiger partial charge on any atom is 0.316 e. The first-order chi connectivity index (χ1) is 10.5. The number of ether oxygens (including phenoxy) is 1. The first-order valence-electron chi connectivity index (χ1n) is 6.73. The molecule has 1 aromatic carbocycles. The standard InChI is InChI=1S/C14H17ClN4O2S/c1-9(2)7-21-12(20)8-22-14-18-17-13(19(14)16)10-5-3-4-6-11(10)15/h3-6,9H,7-8,16H2,1-2H3. The Hall–Kier alpha value is -1.73. The Morgan fingerprint density at radius 1 is 1.41 bits per heavy atom. The van der Waals surface area contributed by atoms with E-state index in [9.17, 15) is 4.79 Å². The summed E-state index contributed by atoms with van der Waals surface area (Å²) in [5.41, 5.74) is 0.688. The number of hydrogen-bond acceptors (Lipinski definition) is 6. The van der Waals surface area contributed by atoms with Crippen molar-refractivity contribution in [2.75, 3.05) is 18.2 Å². The van der Waals surface area contributed by atoms with Gasteiger partial charge in [0.25, 0.3) is 0 Å². The van der Waals surface area contributed by atoms with E-state index in [-0.39, 0.29) is 11.7 Å². The smallest absolute Gasteiger partial charge is 0.316 e. The zero-order valence-corrected chi connectivity index (χ0v) is 13.9. The number of benzene rings is 1. The Bertz CT molecular complexity index is 660. The minimum absolute atomic E-state index is 0.130. The van der Waals surface area contributed by atoms with Gasteiger partial charge in [0.15, 0.2) is 5.82 Å². The van der Waals surface area contributed by atoms with E-state index in [4.69, 9.17) is 22.2 Å². The third-order valence-electron chi connectivity index (χ3n) is 2.68. The number of nitrogens with zero attached hydrogens (tertiary/aromatic N) is 3. The summed E-state index contributed by atoms with van der Waals surface area (Å²) in [6, 6.07) is 7.22. The summed E-state index contributed by atoms with van der Waals surface area (Å²) < 4.78 is 6.42. The Labute approximate surface area is 138 Å². The van der Waals surface area contributed by atoms with Gasteiger partial charge in [-0.05, 0) is 18.1 Å². The largest absolute Gasteiger partial charge is 0.465 e. The zero-order chi connectivity index (χ0) is 16.1. The number of rotatable bonds is 6. The number of hydrogen-bond donors (Lipinski definition) is 1. The van der Waals surface area contributed by atoms with Crippen molar-refractivity contribution in [3.8, 4) is 11.4 Å². The summed E-state index contributed by atoms with van der Waals surface area (Å²) in [5, 5.41) is 8.98. The van der Waals surface area contributed by atoms with Gasteiger partial charge in [0.05, 0.1) is 17.4 Å². The molecule has 0 aliphatic carbocycles. The van der Waals surface area contributed by atoms with Gasteiger partial charge < -0.3 is 10.6 Å². The lowest BCUT2D eigenvalue weighted by atomic mass is 10.2. The molecule has 0 spiro atoms. The molecule has 2 rings (SSSR count). The molecule has 118 valence electrons. The van der Waals surface area contributed by atoms with Gasteiger partial charge in [-0.25, -0.2) is 4.68 Å². The highest BCUT2D eigenvalue weighted by Crippen LogP contribution is 2.27. The van der Waals surface area contributed by atoms with Crippen molar-refractivity contribution in [2.24, 2.45) is 5.92 Å². The summed E-state index contributed by atoms with van der Waals surface area (Å²) in [4.78, 5) is 11.6. The van der Waals surface area contributed by atoms with Crippen LogP contribution in [0.3, 0.4) is 0 Å². The minimum atomic E-state index is -0.305. The molecule has 0 saturated heterocycles. The van der Waals surface area contributed by atoms with E-state index < -0.39 is 0 Å². The topological polar surface area (TPSA) is 83.0 Å². The second kappa shape index (κ2) is 7.51. The lowest BCUT2D eigenvalue weighted by Crippen LogP contribution is -2.15. The van der Waals surface area contributed by atoms with Gasteiger partial charge in [-0.15, -0.1) is 10.2 Å². The number of carbonyl (C=O) groups excluding carboxylic acids is 1. The summed E-state index contributed by atoms with van der Waals surface area (Å²) in [6.45, 7) is 4.36. The van der Waals surface area contributed by atoms with Crippen LogP contribution in [0, 0.1) is 5.92 Å². The molecule has 6 nitrogen and oxygen atoms in total. The minimum Gasteiger partial charge on any atom is -0.465 e. The second-order valence-corrected chi connectivity index (χ2v) is 6.37. The number of thioether (sulfide) groups is 1. The van der Waals surface area contributed by atoms with Gasteiger partial charge in [0.2, 0.25) is 5.16 Å². The Morgan fingerprint density at radius 3 is 2.82 bits per heavy atom. The van der Waals surface area contributed by atoms with Crippen LogP contribution in [0.1, 0.15) is 13.8 Å². The molecule has 0 unspecified atom stereocenters. The summed E-state index contributed by atoms with van der Waals surface area (Å²) in [5.74, 6) is 6.55. The monoisotopic (exact) mass is 340 g/mol. The van der Waals surface area contributed by atoms with Gasteiger partial charge in [-0.3, -0.25) is 4.79 Å². The van der Waals surface area contributed by atoms with Crippen molar-refractivity contribution in [3.63, 3.8) is 0 Å². The molecule has 8 heteroatoms. The average Bonchev–Trinajstić information content (AvgIpc) is 2.84. The maximum absolute atomic E-state index is 11.6. The van der Waals surface area contributed by atoms with Crippen molar-refractivity contribution in [2.45, 2.75) is 19.0 Å². The van der Waals surface area contributed by atoms with Crippen LogP contribution in [-0.4, -0.2) is 33.2 Å². The van der Waals surface area contributed by atoms with Crippen LogP contribution < -0.4 is 5.84 Å². The van der Waals surface area contributed by atoms with E-state index >= 15 is 0 Å². The first kappa shape index (κ1) is 16.6. The molecule has 0 atom stereocenters. The molecule has 0 amide bonds. The molecule has 0 aliphatic rings. The molecule has 2 N–H and O–H groups in total. The highest BCUT2D eigenvalue weighted by molar-refractivity contribution is 7.99. The lowest BCUT2D eigenvalue weighted by Gasteiger charge is -2.07. The molecule has 0 fully saturated rings. The highest BCUT2D eigenvalue weighted by atomic mass is 35.5. The number of nitrogen functional groups attached to an aromatic ring is 1. The summed E-state index contributed by atoms with van der Waals surface area (Å²) >= 11 is 7.30. The van der Waals surface area contributed by atoms with E-state index in [0.29, 0.717) is 34.1 Å². The zero-order valence-electron chi connectivity index (χ0n) is 12.3. The van der Waals surface area contributed by atoms with Gasteiger partial charge in [0.1, 0.15) is 0 Å². The van der Waals surface area contributed by atoms with E-state index in [2.05, 4.69) is 10.2 Å². The number of nitrogens with two attached hydrogens (primary N) is 1. The van der Waals surface area contributed by atoms with Crippen molar-refractivity contribution < 1.29 is 9.53 Å². The van der Waals surface area contributed by atoms with Crippen molar-refractivity contribution in [1.82, 2.24) is 14.9 Å². The Balaban J connectivity index is 2.03. The molecule has 1 aromatic heterocycles. The van der Waals surface area contributed by atoms with Gasteiger partial charge >= 0.3 is 5.97 Å². The molecule has 0 radical (unpaired) electrons. The number of esters is 1. The molecule has 2 aromatic rings. The first-order valence-corrected chi connectivity index (χ1v) is 8.09. The molecule has 0 bridgehead atoms. The predicted molar refractivity (Wildman–Crippen MR) is 87.1 cm³/mol. The fourth-order valence-electron chi connectivity index (χ4n) is 1.63. The van der Waals surface area contributed by atoms with Crippen LogP contribution in [0.4, 0.5) is 0 Å². The molecular formula is C14H17ClN4O2S. The molecule has 0 aliphatic heterocycles. The van der Waals surface area contributed by atoms with Crippen molar-refractivity contribution in [3.05, 3.63) is 29.3 Å². The number of carbonyl (C=O) groups is 1. The van der Waals surface area contributed by atoms with Crippen molar-refractivity contribution >= 4 is 29.3 Å². The van der Waals surface area contributed by atoms with E-state index in [1.807, 2.05) is 26.0 Å². The van der Waals surface area contributed by atoms with Gasteiger partial charge in [-0.2, -0.15) is 0 Å². The fraction of sp³-hybridized carbons (Fsp3) is 0.357. The number of halogens is 1. The molecular weight excluding hydrogens is 324 g/mol. The van der Waals surface area contributed by atoms with Gasteiger partial charge in [-0.1, -0.05) is 49.3 Å². The van der Waals surface area contributed by atoms with Crippen LogP contribution in [0.2, 0.25) is 5.02 Å². The van der Waals surface area contributed by atoms with Crippen LogP contribution in [-0.2, 0) is 9.53 Å². The highest BCUT2D eigenvalue weighted by Gasteiger charge is 2.16. The quantitative estimate of drug-likeness (QED) is 0.494. The fourth-order valence-corrected chi connectivity index (χ4v) is 2.50. The van der Waals surface area contributed by atoms with Crippen molar-refractivity contribution in [1.29, 1.82) is 0 Å². The molecule has 22 heavy (non-hydrogen) atoms. The normalized spacial score (nSPS) is 10.9. The predicted octanol–water partition coefficient (Wildman–Crippen LogP) is 2.60.